The van der Waals surface area contributed by atoms with Gasteiger partial charge in [0.05, 0.1) is 0 Å². The van der Waals surface area contributed by atoms with Crippen LogP contribution in [0.25, 0.3) is 0 Å². The average Bonchev–Trinajstić information content (AvgIpc) is 3.06. The van der Waals surface area contributed by atoms with Crippen LogP contribution in [0.4, 0.5) is 0 Å². The number of thiocarbonyl (C=S) groups is 3. The molecule has 0 fully saturated rings. The van der Waals surface area contributed by atoms with Crippen molar-refractivity contribution in [3.63, 3.8) is 0 Å². The molecule has 0 spiro atoms. The van der Waals surface area contributed by atoms with Crippen LogP contribution in [0.5, 0.6) is 0 Å². The molecule has 0 N–H and O–H groups in total. The number of hydrogen-bond donors (Lipinski definition) is 0. The molecule has 0 amide bonds. The van der Waals surface area contributed by atoms with Crippen LogP contribution in [0.15, 0.2) is 0 Å². The van der Waals surface area contributed by atoms with E-state index in [4.69, 9.17) is 45.9 Å². The zero-order chi connectivity index (χ0) is 35.9. The first kappa shape index (κ1) is 48.5. The molecule has 0 bridgehead atoms. The van der Waals surface area contributed by atoms with Crippen molar-refractivity contribution in [1.82, 2.24) is 0 Å². The van der Waals surface area contributed by atoms with E-state index >= 15 is 0 Å². The van der Waals surface area contributed by atoms with Gasteiger partial charge in [-0.05, 0) is 0 Å². The fourth-order valence-electron chi connectivity index (χ4n) is 6.15. The van der Waals surface area contributed by atoms with E-state index in [0.717, 1.165) is 36.5 Å². The molecular weight excluding hydrogens is 755 g/mol. The molecule has 0 aliphatic heterocycles. The minimum absolute atomic E-state index is 0.183. The summed E-state index contributed by atoms with van der Waals surface area (Å²) in [6.45, 7) is 15.7. The third kappa shape index (κ3) is 26.3. The standard InChI is InChI=1S/3C11H22OS.C8H17.Sn/c3*1-3-4-5-6-7-8-9-10(2)11(12)13;1-3-5-7-8-6-4-2;/h3*10H,3-9H2,1-2H3,(H,12,13);1,3-8H2,2H3;/q;;;;+3/p-3. The first-order chi connectivity index (χ1) is 23.2. The first-order valence-corrected chi connectivity index (χ1v) is 27.6. The Morgan fingerprint density at radius 3 is 0.875 bits per heavy atom. The van der Waals surface area contributed by atoms with E-state index in [1.165, 1.54) is 141 Å². The van der Waals surface area contributed by atoms with Gasteiger partial charge in [0, 0.05) is 0 Å². The van der Waals surface area contributed by atoms with E-state index in [1.807, 2.05) is 0 Å². The van der Waals surface area contributed by atoms with Crippen LogP contribution >= 0.6 is 36.7 Å². The topological polar surface area (TPSA) is 27.7 Å². The second-order valence-electron chi connectivity index (χ2n) is 14.8. The zero-order valence-corrected chi connectivity index (χ0v) is 38.3. The molecular formula is C41H80O3S3Sn. The molecule has 0 aliphatic rings. The summed E-state index contributed by atoms with van der Waals surface area (Å²) in [6, 6.07) is 0. The van der Waals surface area contributed by atoms with Gasteiger partial charge in [-0.25, -0.2) is 0 Å². The third-order valence-electron chi connectivity index (χ3n) is 9.78. The molecule has 0 heterocycles. The molecule has 0 aliphatic carbocycles. The molecule has 0 aromatic carbocycles. The van der Waals surface area contributed by atoms with Crippen molar-refractivity contribution in [2.24, 2.45) is 17.8 Å². The van der Waals surface area contributed by atoms with Crippen LogP contribution in [0.3, 0.4) is 0 Å². The summed E-state index contributed by atoms with van der Waals surface area (Å²) >= 11 is 13.8. The molecule has 0 aromatic heterocycles. The van der Waals surface area contributed by atoms with Gasteiger partial charge in [-0.3, -0.25) is 0 Å². The van der Waals surface area contributed by atoms with E-state index in [9.17, 15) is 0 Å². The van der Waals surface area contributed by atoms with Crippen molar-refractivity contribution in [2.45, 2.75) is 226 Å². The van der Waals surface area contributed by atoms with E-state index in [-0.39, 0.29) is 17.8 Å². The summed E-state index contributed by atoms with van der Waals surface area (Å²) in [4.78, 5) is 0. The predicted molar refractivity (Wildman–Crippen MR) is 226 cm³/mol. The normalized spacial score (nSPS) is 14.6. The number of rotatable bonds is 34. The molecule has 3 unspecified atom stereocenters. The molecule has 3 nitrogen and oxygen atoms in total. The van der Waals surface area contributed by atoms with Crippen molar-refractivity contribution in [3.05, 3.63) is 0 Å². The first-order valence-electron chi connectivity index (χ1n) is 20.8. The monoisotopic (exact) mass is 836 g/mol. The summed E-state index contributed by atoms with van der Waals surface area (Å²) < 4.78 is 21.6. The van der Waals surface area contributed by atoms with Gasteiger partial charge in [0.15, 0.2) is 0 Å². The van der Waals surface area contributed by atoms with Gasteiger partial charge in [-0.1, -0.05) is 0 Å². The Labute approximate surface area is 322 Å². The Morgan fingerprint density at radius 2 is 0.604 bits per heavy atom. The zero-order valence-electron chi connectivity index (χ0n) is 33.0. The molecule has 3 atom stereocenters. The van der Waals surface area contributed by atoms with E-state index in [1.54, 1.807) is 0 Å². The number of unbranched alkanes of at least 4 members (excludes halogenated alkanes) is 20. The van der Waals surface area contributed by atoms with Gasteiger partial charge >= 0.3 is 325 Å². The SMILES string of the molecule is CCCCCCCCC(C)C(=S)[O][Sn]([CH2]CCCCCCC)([O]C(=S)C(C)CCCCCCCC)[O]C(=S)C(C)CCCCCCCC. The second-order valence-corrected chi connectivity index (χ2v) is 23.1. The maximum atomic E-state index is 6.93. The van der Waals surface area contributed by atoms with Crippen molar-refractivity contribution < 1.29 is 9.22 Å². The van der Waals surface area contributed by atoms with Gasteiger partial charge in [0.25, 0.3) is 0 Å². The summed E-state index contributed by atoms with van der Waals surface area (Å²) in [5.74, 6) is 0.548. The van der Waals surface area contributed by atoms with Crippen LogP contribution in [0.2, 0.25) is 4.44 Å². The van der Waals surface area contributed by atoms with Crippen LogP contribution in [-0.2, 0) is 9.22 Å². The van der Waals surface area contributed by atoms with Crippen LogP contribution in [0, 0.1) is 17.8 Å². The summed E-state index contributed by atoms with van der Waals surface area (Å²) in [7, 11) is 0. The minimum atomic E-state index is -4.37. The van der Waals surface area contributed by atoms with Gasteiger partial charge in [0.1, 0.15) is 0 Å². The van der Waals surface area contributed by atoms with E-state index < -0.39 is 19.6 Å². The van der Waals surface area contributed by atoms with Crippen molar-refractivity contribution in [2.75, 3.05) is 0 Å². The van der Waals surface area contributed by atoms with E-state index in [0.29, 0.717) is 15.2 Å². The van der Waals surface area contributed by atoms with Gasteiger partial charge in [-0.15, -0.1) is 0 Å². The fraction of sp³-hybridized carbons (Fsp3) is 0.927. The molecule has 0 rings (SSSR count). The summed E-state index contributed by atoms with van der Waals surface area (Å²) in [5.41, 5.74) is 0. The predicted octanol–water partition coefficient (Wildman–Crippen LogP) is 15.5. The molecule has 284 valence electrons. The second kappa shape index (κ2) is 33.3. The van der Waals surface area contributed by atoms with Crippen LogP contribution in [-0.4, -0.2) is 34.8 Å². The van der Waals surface area contributed by atoms with Gasteiger partial charge in [-0.2, -0.15) is 0 Å². The Hall–Kier alpha value is 0.469. The molecule has 0 radical (unpaired) electrons. The van der Waals surface area contributed by atoms with Crippen LogP contribution < -0.4 is 0 Å². The Kier molecular flexibility index (Phi) is 33.6. The molecule has 0 saturated carbocycles. The average molecular weight is 836 g/mol. The van der Waals surface area contributed by atoms with Crippen LogP contribution in [0.1, 0.15) is 222 Å². The molecule has 0 aromatic rings. The quantitative estimate of drug-likeness (QED) is 0.0364. The maximum absolute atomic E-state index is 6.93. The summed E-state index contributed by atoms with van der Waals surface area (Å²) in [5, 5.41) is 1.97. The Bertz CT molecular complexity index is 705. The van der Waals surface area contributed by atoms with E-state index in [2.05, 4.69) is 48.5 Å². The summed E-state index contributed by atoms with van der Waals surface area (Å²) in [6.07, 6.45) is 33.3. The molecule has 0 saturated heterocycles. The number of hydrogen-bond acceptors (Lipinski definition) is 6. The Balaban J connectivity index is 5.80. The third-order valence-corrected chi connectivity index (χ3v) is 19.8. The van der Waals surface area contributed by atoms with Crippen molar-refractivity contribution >= 4 is 71.4 Å². The van der Waals surface area contributed by atoms with Crippen molar-refractivity contribution in [1.29, 1.82) is 0 Å². The van der Waals surface area contributed by atoms with Gasteiger partial charge in [0.2, 0.25) is 0 Å². The fourth-order valence-corrected chi connectivity index (χ4v) is 16.6. The molecule has 7 heteroatoms. The Morgan fingerprint density at radius 1 is 0.375 bits per heavy atom. The van der Waals surface area contributed by atoms with Gasteiger partial charge < -0.3 is 0 Å². The molecule has 48 heavy (non-hydrogen) atoms. The van der Waals surface area contributed by atoms with Crippen molar-refractivity contribution in [3.8, 4) is 0 Å².